The lowest BCUT2D eigenvalue weighted by Crippen LogP contribution is -2.37. The molecule has 178 valence electrons. The van der Waals surface area contributed by atoms with E-state index in [1.165, 1.54) is 10.6 Å². The second-order valence-corrected chi connectivity index (χ2v) is 8.44. The van der Waals surface area contributed by atoms with Crippen molar-refractivity contribution in [1.82, 2.24) is 10.5 Å². The summed E-state index contributed by atoms with van der Waals surface area (Å²) in [6, 6.07) is 15.1. The quantitative estimate of drug-likeness (QED) is 0.132. The summed E-state index contributed by atoms with van der Waals surface area (Å²) in [6.07, 6.45) is 1.99. The minimum atomic E-state index is -0.976. The highest BCUT2D eigenvalue weighted by Crippen LogP contribution is 2.17. The number of carbonyl (C=O) groups is 2. The first-order valence-corrected chi connectivity index (χ1v) is 10.8. The Bertz CT molecular complexity index is 942. The first kappa shape index (κ1) is 25.7. The van der Waals surface area contributed by atoms with Crippen LogP contribution in [0.4, 0.5) is 11.4 Å². The van der Waals surface area contributed by atoms with Crippen LogP contribution in [0.3, 0.4) is 0 Å². The van der Waals surface area contributed by atoms with E-state index in [1.54, 1.807) is 23.8 Å². The number of anilines is 2. The van der Waals surface area contributed by atoms with Crippen molar-refractivity contribution in [3.8, 4) is 0 Å². The number of rotatable bonds is 11. The number of hydroxylamine groups is 1. The van der Waals surface area contributed by atoms with Crippen molar-refractivity contribution >= 4 is 23.2 Å². The molecule has 2 rings (SSSR count). The Morgan fingerprint density at radius 3 is 2.21 bits per heavy atom. The highest BCUT2D eigenvalue weighted by Gasteiger charge is 2.27. The topological polar surface area (TPSA) is 146 Å². The molecule has 0 bridgehead atoms. The van der Waals surface area contributed by atoms with E-state index >= 15 is 0 Å². The van der Waals surface area contributed by atoms with Gasteiger partial charge < -0.3 is 21.4 Å². The summed E-state index contributed by atoms with van der Waals surface area (Å²) in [5, 5.41) is 16.3. The van der Waals surface area contributed by atoms with E-state index in [1.807, 2.05) is 57.2 Å². The van der Waals surface area contributed by atoms with Crippen LogP contribution in [0.25, 0.3) is 0 Å². The second-order valence-electron chi connectivity index (χ2n) is 8.44. The Balaban J connectivity index is 1.89. The molecule has 0 radical (unpaired) electrons. The zero-order valence-corrected chi connectivity index (χ0v) is 19.3. The fourth-order valence-corrected chi connectivity index (χ4v) is 3.20. The number of aryl methyl sites for hydroxylation is 1. The lowest BCUT2D eigenvalue weighted by Gasteiger charge is -2.18. The van der Waals surface area contributed by atoms with Crippen molar-refractivity contribution in [2.75, 3.05) is 17.2 Å². The first-order valence-electron chi connectivity index (χ1n) is 10.8. The van der Waals surface area contributed by atoms with Crippen LogP contribution in [0.1, 0.15) is 31.4 Å². The van der Waals surface area contributed by atoms with Gasteiger partial charge in [-0.25, -0.2) is 11.3 Å². The molecule has 0 saturated heterocycles. The molecular formula is C24H34N6O3. The first-order chi connectivity index (χ1) is 15.7. The molecule has 0 aromatic heterocycles. The maximum absolute atomic E-state index is 12.5. The monoisotopic (exact) mass is 454 g/mol. The molecule has 2 aromatic rings. The van der Waals surface area contributed by atoms with Crippen molar-refractivity contribution in [3.05, 3.63) is 71.6 Å². The van der Waals surface area contributed by atoms with Gasteiger partial charge >= 0.3 is 0 Å². The average molecular weight is 455 g/mol. The molecule has 0 aliphatic rings. The number of carbonyl (C=O) groups excluding carboxylic acids is 2. The van der Waals surface area contributed by atoms with Gasteiger partial charge in [0.25, 0.3) is 5.91 Å². The van der Waals surface area contributed by atoms with E-state index in [4.69, 9.17) is 16.8 Å². The highest BCUT2D eigenvalue weighted by molar-refractivity contribution is 6.06. The van der Waals surface area contributed by atoms with E-state index in [2.05, 4.69) is 10.6 Å². The van der Waals surface area contributed by atoms with Gasteiger partial charge in [0, 0.05) is 23.3 Å². The van der Waals surface area contributed by atoms with Gasteiger partial charge in [0.05, 0.1) is 13.1 Å². The van der Waals surface area contributed by atoms with E-state index in [0.29, 0.717) is 30.9 Å². The Hall–Kier alpha value is -3.56. The lowest BCUT2D eigenvalue weighted by molar-refractivity contribution is -0.139. The van der Waals surface area contributed by atoms with Crippen LogP contribution >= 0.6 is 0 Å². The van der Waals surface area contributed by atoms with E-state index < -0.39 is 17.7 Å². The fraction of sp³-hybridized carbons (Fsp3) is 0.333. The molecule has 2 amide bonds. The molecule has 0 aliphatic heterocycles. The number of hydrogen-bond acceptors (Lipinski definition) is 7. The molecule has 0 saturated carbocycles. The van der Waals surface area contributed by atoms with Crippen molar-refractivity contribution < 1.29 is 14.8 Å². The Labute approximate surface area is 194 Å². The van der Waals surface area contributed by atoms with Crippen LogP contribution in [-0.2, 0) is 16.1 Å². The zero-order valence-electron chi connectivity index (χ0n) is 19.3. The van der Waals surface area contributed by atoms with Crippen LogP contribution < -0.4 is 27.7 Å². The van der Waals surface area contributed by atoms with E-state index in [0.717, 1.165) is 11.3 Å². The molecule has 9 heteroatoms. The summed E-state index contributed by atoms with van der Waals surface area (Å²) >= 11 is 0. The number of amides is 2. The standard InChI is InChI=1S/C24H34N6O3/c1-16(2)12-22(24(32)29-33)23(31)28-21-10-6-18(7-11-21)14-30(26)15-19(25)13-27-20-8-4-17(3)5-9-20/h4-11,15-16,22,27,33H,12-14,25-26H2,1-3H3,(H,28,31)(H,29,32)/b19-15-. The number of nitrogens with two attached hydrogens (primary N) is 2. The number of hydrogen-bond donors (Lipinski definition) is 6. The molecule has 0 spiro atoms. The molecule has 1 atom stereocenters. The normalized spacial score (nSPS) is 12.2. The van der Waals surface area contributed by atoms with Crippen LogP contribution in [-0.4, -0.2) is 28.6 Å². The van der Waals surface area contributed by atoms with Crippen LogP contribution in [0.5, 0.6) is 0 Å². The second kappa shape index (κ2) is 12.5. The summed E-state index contributed by atoms with van der Waals surface area (Å²) in [6.45, 7) is 6.71. The maximum Gasteiger partial charge on any atom is 0.255 e. The van der Waals surface area contributed by atoms with Gasteiger partial charge in [-0.1, -0.05) is 43.7 Å². The number of benzene rings is 2. The predicted molar refractivity (Wildman–Crippen MR) is 130 cm³/mol. The predicted octanol–water partition coefficient (Wildman–Crippen LogP) is 2.69. The smallest absolute Gasteiger partial charge is 0.255 e. The molecule has 1 unspecified atom stereocenters. The van der Waals surface area contributed by atoms with Crippen LogP contribution in [0.2, 0.25) is 0 Å². The number of hydrazine groups is 1. The Morgan fingerprint density at radius 1 is 1.03 bits per heavy atom. The summed E-state index contributed by atoms with van der Waals surface area (Å²) in [4.78, 5) is 24.3. The van der Waals surface area contributed by atoms with Crippen molar-refractivity contribution in [2.24, 2.45) is 23.4 Å². The van der Waals surface area contributed by atoms with Gasteiger partial charge in [-0.2, -0.15) is 0 Å². The summed E-state index contributed by atoms with van der Waals surface area (Å²) in [5.41, 5.74) is 11.8. The van der Waals surface area contributed by atoms with Crippen LogP contribution in [0, 0.1) is 18.8 Å². The fourth-order valence-electron chi connectivity index (χ4n) is 3.20. The van der Waals surface area contributed by atoms with Gasteiger partial charge in [-0.05, 0) is 49.1 Å². The van der Waals surface area contributed by atoms with Gasteiger partial charge in [-0.15, -0.1) is 0 Å². The van der Waals surface area contributed by atoms with E-state index in [9.17, 15) is 9.59 Å². The Morgan fingerprint density at radius 2 is 1.64 bits per heavy atom. The number of nitrogens with zero attached hydrogens (tertiary/aromatic N) is 1. The molecule has 33 heavy (non-hydrogen) atoms. The van der Waals surface area contributed by atoms with Gasteiger partial charge in [0.15, 0.2) is 0 Å². The molecule has 8 N–H and O–H groups in total. The molecule has 2 aromatic carbocycles. The van der Waals surface area contributed by atoms with Crippen molar-refractivity contribution in [2.45, 2.75) is 33.7 Å². The third-order valence-electron chi connectivity index (χ3n) is 4.92. The Kier molecular flexibility index (Phi) is 9.71. The number of nitrogens with one attached hydrogen (secondary N) is 3. The molecule has 0 aliphatic carbocycles. The van der Waals surface area contributed by atoms with Gasteiger partial charge in [0.2, 0.25) is 5.91 Å². The molecule has 9 nitrogen and oxygen atoms in total. The minimum absolute atomic E-state index is 0.114. The largest absolute Gasteiger partial charge is 0.399 e. The highest BCUT2D eigenvalue weighted by atomic mass is 16.5. The maximum atomic E-state index is 12.5. The van der Waals surface area contributed by atoms with Crippen molar-refractivity contribution in [1.29, 1.82) is 0 Å². The lowest BCUT2D eigenvalue weighted by atomic mass is 9.95. The van der Waals surface area contributed by atoms with E-state index in [-0.39, 0.29) is 5.92 Å². The third kappa shape index (κ3) is 8.83. The summed E-state index contributed by atoms with van der Waals surface area (Å²) in [5.74, 6) is 4.00. The summed E-state index contributed by atoms with van der Waals surface area (Å²) < 4.78 is 0. The molecule has 0 heterocycles. The van der Waals surface area contributed by atoms with Gasteiger partial charge in [0.1, 0.15) is 5.92 Å². The average Bonchev–Trinajstić information content (AvgIpc) is 2.77. The molecular weight excluding hydrogens is 420 g/mol. The zero-order chi connectivity index (χ0) is 24.4. The van der Waals surface area contributed by atoms with Crippen LogP contribution in [0.15, 0.2) is 60.4 Å². The SMILES string of the molecule is Cc1ccc(NC/C(N)=C/N(N)Cc2ccc(NC(=O)C(CC(C)C)C(=O)NO)cc2)cc1. The third-order valence-corrected chi connectivity index (χ3v) is 4.92. The van der Waals surface area contributed by atoms with Gasteiger partial charge in [-0.3, -0.25) is 14.8 Å². The molecule has 0 fully saturated rings. The minimum Gasteiger partial charge on any atom is -0.399 e. The summed E-state index contributed by atoms with van der Waals surface area (Å²) in [7, 11) is 0. The van der Waals surface area contributed by atoms with Crippen molar-refractivity contribution in [3.63, 3.8) is 0 Å².